The van der Waals surface area contributed by atoms with Crippen molar-refractivity contribution in [3.8, 4) is 0 Å². The molecule has 0 fully saturated rings. The van der Waals surface area contributed by atoms with Crippen LogP contribution in [0.4, 0.5) is 0 Å². The number of hydrogen-bond acceptors (Lipinski definition) is 5. The van der Waals surface area contributed by atoms with Crippen molar-refractivity contribution in [3.05, 3.63) is 21.8 Å². The van der Waals surface area contributed by atoms with E-state index in [1.54, 1.807) is 18.4 Å². The molecule has 2 N–H and O–H groups in total. The van der Waals surface area contributed by atoms with E-state index in [2.05, 4.69) is 9.97 Å². The van der Waals surface area contributed by atoms with Crippen molar-refractivity contribution in [2.24, 2.45) is 0 Å². The standard InChI is InChI=1S/C9H8N2O3S2/c1-4(8(13)14)16-9-10-6(12)5-2-3-15-7(5)11-9/h2-4H,1H3,(H,13,14)(H,10,11,12). The molecule has 1 atom stereocenters. The van der Waals surface area contributed by atoms with Gasteiger partial charge in [0.15, 0.2) is 5.16 Å². The van der Waals surface area contributed by atoms with Crippen LogP contribution in [-0.2, 0) is 4.79 Å². The molecule has 0 spiro atoms. The van der Waals surface area contributed by atoms with Crippen molar-refractivity contribution in [1.82, 2.24) is 9.97 Å². The van der Waals surface area contributed by atoms with E-state index in [0.717, 1.165) is 11.8 Å². The van der Waals surface area contributed by atoms with Gasteiger partial charge in [-0.2, -0.15) is 0 Å². The molecule has 2 heterocycles. The maximum Gasteiger partial charge on any atom is 0.316 e. The molecule has 2 aromatic rings. The second-order valence-corrected chi connectivity index (χ2v) is 5.33. The smallest absolute Gasteiger partial charge is 0.316 e. The highest BCUT2D eigenvalue weighted by Gasteiger charge is 2.15. The van der Waals surface area contributed by atoms with Gasteiger partial charge < -0.3 is 10.1 Å². The maximum absolute atomic E-state index is 11.6. The van der Waals surface area contributed by atoms with Gasteiger partial charge >= 0.3 is 5.97 Å². The first-order valence-corrected chi connectivity index (χ1v) is 6.21. The monoisotopic (exact) mass is 256 g/mol. The predicted molar refractivity (Wildman–Crippen MR) is 63.2 cm³/mol. The quantitative estimate of drug-likeness (QED) is 0.643. The van der Waals surface area contributed by atoms with Crippen molar-refractivity contribution in [2.75, 3.05) is 0 Å². The average Bonchev–Trinajstić information content (AvgIpc) is 2.65. The highest BCUT2D eigenvalue weighted by Crippen LogP contribution is 2.22. The van der Waals surface area contributed by atoms with Gasteiger partial charge in [0.25, 0.3) is 5.56 Å². The Morgan fingerprint density at radius 3 is 3.12 bits per heavy atom. The fourth-order valence-electron chi connectivity index (χ4n) is 1.12. The van der Waals surface area contributed by atoms with Crippen molar-refractivity contribution >= 4 is 39.3 Å². The largest absolute Gasteiger partial charge is 0.480 e. The first kappa shape index (κ1) is 11.2. The summed E-state index contributed by atoms with van der Waals surface area (Å²) < 4.78 is 0. The molecule has 0 aromatic carbocycles. The molecule has 1 unspecified atom stereocenters. The van der Waals surface area contributed by atoms with Crippen LogP contribution in [-0.4, -0.2) is 26.3 Å². The molecule has 16 heavy (non-hydrogen) atoms. The van der Waals surface area contributed by atoms with Crippen molar-refractivity contribution in [2.45, 2.75) is 17.3 Å². The van der Waals surface area contributed by atoms with Crippen LogP contribution in [0.25, 0.3) is 10.2 Å². The van der Waals surface area contributed by atoms with Crippen LogP contribution in [0.15, 0.2) is 21.4 Å². The molecular formula is C9H8N2O3S2. The molecule has 2 aromatic heterocycles. The fraction of sp³-hybridized carbons (Fsp3) is 0.222. The van der Waals surface area contributed by atoms with Gasteiger partial charge in [0.1, 0.15) is 10.1 Å². The van der Waals surface area contributed by atoms with E-state index in [4.69, 9.17) is 5.11 Å². The Morgan fingerprint density at radius 2 is 2.44 bits per heavy atom. The van der Waals surface area contributed by atoms with Gasteiger partial charge in [-0.3, -0.25) is 9.59 Å². The summed E-state index contributed by atoms with van der Waals surface area (Å²) in [7, 11) is 0. The van der Waals surface area contributed by atoms with Crippen molar-refractivity contribution < 1.29 is 9.90 Å². The number of aromatic amines is 1. The summed E-state index contributed by atoms with van der Waals surface area (Å²) in [6.45, 7) is 1.55. The second kappa shape index (κ2) is 4.26. The molecule has 0 aliphatic rings. The topological polar surface area (TPSA) is 83.0 Å². The molecular weight excluding hydrogens is 248 g/mol. The number of thioether (sulfide) groups is 1. The minimum atomic E-state index is -0.932. The number of carboxylic acids is 1. The molecule has 84 valence electrons. The Balaban J connectivity index is 2.39. The molecule has 0 saturated carbocycles. The van der Waals surface area contributed by atoms with Crippen LogP contribution < -0.4 is 5.56 Å². The third kappa shape index (κ3) is 2.10. The number of fused-ring (bicyclic) bond motifs is 1. The number of nitrogens with one attached hydrogen (secondary N) is 1. The van der Waals surface area contributed by atoms with Gasteiger partial charge in [-0.25, -0.2) is 4.98 Å². The number of carboxylic acid groups (broad SMARTS) is 1. The van der Waals surface area contributed by atoms with E-state index < -0.39 is 11.2 Å². The molecule has 0 radical (unpaired) electrons. The lowest BCUT2D eigenvalue weighted by atomic mass is 10.4. The zero-order chi connectivity index (χ0) is 11.7. The van der Waals surface area contributed by atoms with E-state index in [1.165, 1.54) is 11.3 Å². The molecule has 5 nitrogen and oxygen atoms in total. The summed E-state index contributed by atoms with van der Waals surface area (Å²) >= 11 is 2.38. The fourth-order valence-corrected chi connectivity index (χ4v) is 2.67. The van der Waals surface area contributed by atoms with Gasteiger partial charge in [-0.15, -0.1) is 11.3 Å². The van der Waals surface area contributed by atoms with E-state index in [1.807, 2.05) is 0 Å². The number of nitrogens with zero attached hydrogens (tertiary/aromatic N) is 1. The minimum Gasteiger partial charge on any atom is -0.480 e. The average molecular weight is 256 g/mol. The number of carbonyl (C=O) groups is 1. The van der Waals surface area contributed by atoms with Crippen LogP contribution in [0, 0.1) is 0 Å². The lowest BCUT2D eigenvalue weighted by Gasteiger charge is -2.04. The summed E-state index contributed by atoms with van der Waals surface area (Å²) in [5, 5.41) is 10.8. The summed E-state index contributed by atoms with van der Waals surface area (Å²) in [4.78, 5) is 29.6. The lowest BCUT2D eigenvalue weighted by molar-refractivity contribution is -0.136. The van der Waals surface area contributed by atoms with Crippen LogP contribution in [0.2, 0.25) is 0 Å². The van der Waals surface area contributed by atoms with Gasteiger partial charge in [0, 0.05) is 0 Å². The molecule has 7 heteroatoms. The summed E-state index contributed by atoms with van der Waals surface area (Å²) in [5.74, 6) is -0.932. The number of aromatic nitrogens is 2. The maximum atomic E-state index is 11.6. The van der Waals surface area contributed by atoms with Crippen LogP contribution in [0.1, 0.15) is 6.92 Å². The van der Waals surface area contributed by atoms with E-state index in [-0.39, 0.29) is 5.56 Å². The van der Waals surface area contributed by atoms with Crippen molar-refractivity contribution in [3.63, 3.8) is 0 Å². The van der Waals surface area contributed by atoms with Gasteiger partial charge in [-0.05, 0) is 18.4 Å². The minimum absolute atomic E-state index is 0.230. The number of hydrogen-bond donors (Lipinski definition) is 2. The Morgan fingerprint density at radius 1 is 1.69 bits per heavy atom. The van der Waals surface area contributed by atoms with Crippen LogP contribution in [0.3, 0.4) is 0 Å². The normalized spacial score (nSPS) is 12.8. The van der Waals surface area contributed by atoms with Gasteiger partial charge in [0.2, 0.25) is 0 Å². The summed E-state index contributed by atoms with van der Waals surface area (Å²) in [6, 6.07) is 1.70. The molecule has 0 bridgehead atoms. The predicted octanol–water partition coefficient (Wildman–Crippen LogP) is 1.55. The van der Waals surface area contributed by atoms with E-state index in [9.17, 15) is 9.59 Å². The molecule has 0 saturated heterocycles. The zero-order valence-corrected chi connectivity index (χ0v) is 9.89. The Bertz CT molecular complexity index is 590. The van der Waals surface area contributed by atoms with Gasteiger partial charge in [0.05, 0.1) is 5.39 Å². The van der Waals surface area contributed by atoms with Crippen molar-refractivity contribution in [1.29, 1.82) is 0 Å². The number of rotatable bonds is 3. The number of thiophene rings is 1. The summed E-state index contributed by atoms with van der Waals surface area (Å²) in [5.41, 5.74) is -0.230. The lowest BCUT2D eigenvalue weighted by Crippen LogP contribution is -2.14. The molecule has 0 aliphatic carbocycles. The molecule has 0 amide bonds. The second-order valence-electron chi connectivity index (χ2n) is 3.11. The number of H-pyrrole nitrogens is 1. The third-order valence-electron chi connectivity index (χ3n) is 1.95. The SMILES string of the molecule is CC(Sc1nc2sccc2c(=O)[nH]1)C(=O)O. The summed E-state index contributed by atoms with van der Waals surface area (Å²) in [6.07, 6.45) is 0. The Kier molecular flexibility index (Phi) is 2.97. The third-order valence-corrected chi connectivity index (χ3v) is 3.73. The molecule has 0 aliphatic heterocycles. The first-order chi connectivity index (χ1) is 7.58. The molecule has 2 rings (SSSR count). The highest BCUT2D eigenvalue weighted by atomic mass is 32.2. The zero-order valence-electron chi connectivity index (χ0n) is 8.26. The number of aliphatic carboxylic acids is 1. The highest BCUT2D eigenvalue weighted by molar-refractivity contribution is 8.00. The Labute approximate surface area is 98.5 Å². The first-order valence-electron chi connectivity index (χ1n) is 4.45. The van der Waals surface area contributed by atoms with E-state index >= 15 is 0 Å². The Hall–Kier alpha value is -1.34. The van der Waals surface area contributed by atoms with Crippen LogP contribution >= 0.6 is 23.1 Å². The van der Waals surface area contributed by atoms with E-state index in [0.29, 0.717) is 15.4 Å². The van der Waals surface area contributed by atoms with Crippen LogP contribution in [0.5, 0.6) is 0 Å². The van der Waals surface area contributed by atoms with Gasteiger partial charge in [-0.1, -0.05) is 11.8 Å².